The molecule has 10 heteroatoms. The molecule has 60 heavy (non-hydrogen) atoms. The third-order valence-electron chi connectivity index (χ3n) is 10.7. The smallest absolute Gasteiger partial charge is 0.309 e. The fraction of sp³-hybridized carbons (Fsp3) is 0.100. The van der Waals surface area contributed by atoms with Crippen LogP contribution in [0.5, 0.6) is 0 Å². The summed E-state index contributed by atoms with van der Waals surface area (Å²) in [6.07, 6.45) is -10.1. The Hall–Kier alpha value is -7.07. The standard InChI is InChI=1S/C50H34F6N4/c1-29-22-30(2)45(31(3)23-29)34-18-21-41-40-16-10-11-17-42(40)60(44(41)26-34)43-27-35(19-20-39(43)36-24-37(49(51,52)53)28-38(25-36)50(54,55)56)48-58-46(32-12-6-4-7-13-32)57-47(59-48)33-14-8-5-9-15-33/h4-28H,1-3H3. The molecule has 0 amide bonds. The summed E-state index contributed by atoms with van der Waals surface area (Å²) in [6.45, 7) is 6.13. The zero-order valence-corrected chi connectivity index (χ0v) is 32.5. The van der Waals surface area contributed by atoms with Crippen LogP contribution < -0.4 is 0 Å². The normalized spacial score (nSPS) is 12.1. The number of fused-ring (bicyclic) bond motifs is 3. The van der Waals surface area contributed by atoms with Crippen LogP contribution in [0, 0.1) is 20.8 Å². The van der Waals surface area contributed by atoms with Gasteiger partial charge >= 0.3 is 12.4 Å². The van der Waals surface area contributed by atoms with E-state index in [-0.39, 0.29) is 23.0 Å². The van der Waals surface area contributed by atoms with E-state index in [0.717, 1.165) is 61.8 Å². The van der Waals surface area contributed by atoms with Crippen LogP contribution in [-0.2, 0) is 12.4 Å². The van der Waals surface area contributed by atoms with Gasteiger partial charge in [0, 0.05) is 33.0 Å². The highest BCUT2D eigenvalue weighted by molar-refractivity contribution is 6.11. The van der Waals surface area contributed by atoms with Gasteiger partial charge in [0.25, 0.3) is 0 Å². The maximum atomic E-state index is 14.4. The van der Waals surface area contributed by atoms with Gasteiger partial charge in [-0.2, -0.15) is 26.3 Å². The first kappa shape index (κ1) is 38.4. The minimum Gasteiger partial charge on any atom is -0.309 e. The van der Waals surface area contributed by atoms with Gasteiger partial charge in [-0.15, -0.1) is 0 Å². The maximum Gasteiger partial charge on any atom is 0.416 e. The van der Waals surface area contributed by atoms with Crippen LogP contribution in [0.4, 0.5) is 26.3 Å². The Balaban J connectivity index is 1.38. The van der Waals surface area contributed by atoms with Crippen LogP contribution in [0.1, 0.15) is 27.8 Å². The molecule has 9 rings (SSSR count). The van der Waals surface area contributed by atoms with Crippen molar-refractivity contribution in [3.63, 3.8) is 0 Å². The zero-order chi connectivity index (χ0) is 41.9. The predicted octanol–water partition coefficient (Wildman–Crippen LogP) is 14.3. The molecule has 0 aliphatic rings. The average molecular weight is 805 g/mol. The molecule has 0 aliphatic heterocycles. The van der Waals surface area contributed by atoms with Crippen molar-refractivity contribution in [2.45, 2.75) is 33.1 Å². The summed E-state index contributed by atoms with van der Waals surface area (Å²) in [7, 11) is 0. The van der Waals surface area contributed by atoms with Crippen molar-refractivity contribution in [2.24, 2.45) is 0 Å². The van der Waals surface area contributed by atoms with Gasteiger partial charge in [-0.25, -0.2) is 15.0 Å². The Morgan fingerprint density at radius 1 is 0.417 bits per heavy atom. The number of hydrogen-bond acceptors (Lipinski definition) is 3. The lowest BCUT2D eigenvalue weighted by Crippen LogP contribution is -2.11. The lowest BCUT2D eigenvalue weighted by Gasteiger charge is -2.19. The zero-order valence-electron chi connectivity index (χ0n) is 32.5. The summed E-state index contributed by atoms with van der Waals surface area (Å²) in [6, 6.07) is 43.3. The molecule has 0 spiro atoms. The molecule has 2 aromatic heterocycles. The summed E-state index contributed by atoms with van der Waals surface area (Å²) in [5.41, 5.74) is 5.97. The highest BCUT2D eigenvalue weighted by Gasteiger charge is 2.37. The van der Waals surface area contributed by atoms with E-state index in [0.29, 0.717) is 33.9 Å². The molecule has 0 bridgehead atoms. The Bertz CT molecular complexity index is 2980. The van der Waals surface area contributed by atoms with E-state index in [9.17, 15) is 26.3 Å². The number of hydrogen-bond donors (Lipinski definition) is 0. The molecule has 4 nitrogen and oxygen atoms in total. The van der Waals surface area contributed by atoms with Crippen LogP contribution in [0.15, 0.2) is 152 Å². The second-order valence-electron chi connectivity index (χ2n) is 14.9. The summed E-state index contributed by atoms with van der Waals surface area (Å²) >= 11 is 0. The molecule has 296 valence electrons. The molecule has 9 aromatic rings. The van der Waals surface area contributed by atoms with Crippen molar-refractivity contribution in [1.29, 1.82) is 0 Å². The lowest BCUT2D eigenvalue weighted by atomic mass is 9.93. The van der Waals surface area contributed by atoms with Gasteiger partial charge in [-0.05, 0) is 85.0 Å². The molecule has 2 heterocycles. The summed E-state index contributed by atoms with van der Waals surface area (Å²) in [5, 5.41) is 1.71. The van der Waals surface area contributed by atoms with E-state index in [4.69, 9.17) is 15.0 Å². The van der Waals surface area contributed by atoms with E-state index in [2.05, 4.69) is 12.1 Å². The van der Waals surface area contributed by atoms with Crippen LogP contribution >= 0.6 is 0 Å². The predicted molar refractivity (Wildman–Crippen MR) is 226 cm³/mol. The van der Waals surface area contributed by atoms with Gasteiger partial charge in [0.1, 0.15) is 0 Å². The van der Waals surface area contributed by atoms with Gasteiger partial charge in [-0.1, -0.05) is 121 Å². The van der Waals surface area contributed by atoms with Gasteiger partial charge in [0.05, 0.1) is 27.8 Å². The van der Waals surface area contributed by atoms with Crippen molar-refractivity contribution in [2.75, 3.05) is 0 Å². The molecule has 0 aliphatic carbocycles. The number of benzene rings is 7. The first-order chi connectivity index (χ1) is 28.7. The fourth-order valence-electron chi connectivity index (χ4n) is 8.17. The number of nitrogens with zero attached hydrogens (tertiary/aromatic N) is 4. The number of aryl methyl sites for hydroxylation is 3. The minimum absolute atomic E-state index is 0.145. The third kappa shape index (κ3) is 7.08. The van der Waals surface area contributed by atoms with E-state index >= 15 is 0 Å². The first-order valence-electron chi connectivity index (χ1n) is 19.2. The monoisotopic (exact) mass is 804 g/mol. The molecule has 0 radical (unpaired) electrons. The maximum absolute atomic E-state index is 14.4. The lowest BCUT2D eigenvalue weighted by molar-refractivity contribution is -0.143. The average Bonchev–Trinajstić information content (AvgIpc) is 3.56. The molecule has 0 saturated heterocycles. The van der Waals surface area contributed by atoms with Crippen molar-refractivity contribution < 1.29 is 26.3 Å². The van der Waals surface area contributed by atoms with E-state index in [1.807, 2.05) is 128 Å². The van der Waals surface area contributed by atoms with Gasteiger partial charge < -0.3 is 4.57 Å². The highest BCUT2D eigenvalue weighted by atomic mass is 19.4. The van der Waals surface area contributed by atoms with E-state index in [1.165, 1.54) is 0 Å². The topological polar surface area (TPSA) is 43.6 Å². The molecule has 0 atom stereocenters. The third-order valence-corrected chi connectivity index (χ3v) is 10.7. The molecule has 7 aromatic carbocycles. The number of halogens is 6. The number of rotatable bonds is 6. The quantitative estimate of drug-likeness (QED) is 0.157. The number of para-hydroxylation sites is 1. The Labute approximate surface area is 341 Å². The highest BCUT2D eigenvalue weighted by Crippen LogP contribution is 2.44. The summed E-state index contributed by atoms with van der Waals surface area (Å²) in [4.78, 5) is 14.6. The van der Waals surface area contributed by atoms with Gasteiger partial charge in [0.2, 0.25) is 0 Å². The van der Waals surface area contributed by atoms with Crippen LogP contribution in [0.25, 0.3) is 83.9 Å². The van der Waals surface area contributed by atoms with Gasteiger partial charge in [0.15, 0.2) is 17.5 Å². The molecule has 0 saturated carbocycles. The summed E-state index contributed by atoms with van der Waals surface area (Å²) < 4.78 is 88.2. The Morgan fingerprint density at radius 3 is 1.48 bits per heavy atom. The number of alkyl halides is 6. The van der Waals surface area contributed by atoms with E-state index < -0.39 is 23.5 Å². The van der Waals surface area contributed by atoms with Crippen molar-refractivity contribution >= 4 is 21.8 Å². The molecular formula is C50H34F6N4. The van der Waals surface area contributed by atoms with Gasteiger partial charge in [-0.3, -0.25) is 0 Å². The van der Waals surface area contributed by atoms with Crippen molar-refractivity contribution in [3.05, 3.63) is 179 Å². The minimum atomic E-state index is -5.05. The largest absolute Gasteiger partial charge is 0.416 e. The van der Waals surface area contributed by atoms with Crippen molar-refractivity contribution in [1.82, 2.24) is 19.5 Å². The molecule has 0 unspecified atom stereocenters. The van der Waals surface area contributed by atoms with Crippen LogP contribution in [-0.4, -0.2) is 19.5 Å². The first-order valence-corrected chi connectivity index (χ1v) is 19.2. The van der Waals surface area contributed by atoms with Crippen LogP contribution in [0.3, 0.4) is 0 Å². The van der Waals surface area contributed by atoms with Crippen LogP contribution in [0.2, 0.25) is 0 Å². The summed E-state index contributed by atoms with van der Waals surface area (Å²) in [5.74, 6) is 1.05. The second-order valence-corrected chi connectivity index (χ2v) is 14.9. The molecule has 0 fully saturated rings. The molecule has 0 N–H and O–H groups in total. The Kier molecular flexibility index (Phi) is 9.38. The molecular weight excluding hydrogens is 771 g/mol. The second kappa shape index (κ2) is 14.6. The van der Waals surface area contributed by atoms with E-state index in [1.54, 1.807) is 18.2 Å². The Morgan fingerprint density at radius 2 is 0.917 bits per heavy atom. The fourth-order valence-corrected chi connectivity index (χ4v) is 8.17. The SMILES string of the molecule is Cc1cc(C)c(-c2ccc3c4ccccc4n(-c4cc(-c5nc(-c6ccccc6)nc(-c6ccccc6)n5)ccc4-c4cc(C(F)(F)F)cc(C(F)(F)F)c4)c3c2)c(C)c1. The van der Waals surface area contributed by atoms with Crippen molar-refractivity contribution in [3.8, 4) is 62.1 Å². The number of aromatic nitrogens is 4.